The standard InChI is InChI=1S/C15H21ClN2O3/c1-19-8-6-18-11-12-9-13(16)10-14(20-2)15(12)21-7-4-3-5-17/h9-10,18H,3-4,6-8,11H2,1-2H3. The average Bonchev–Trinajstić information content (AvgIpc) is 2.49. The maximum absolute atomic E-state index is 8.55. The Balaban J connectivity index is 2.76. The van der Waals surface area contributed by atoms with Crippen LogP contribution >= 0.6 is 11.6 Å². The highest BCUT2D eigenvalue weighted by molar-refractivity contribution is 6.30. The number of ether oxygens (including phenoxy) is 3. The van der Waals surface area contributed by atoms with Crippen molar-refractivity contribution in [3.8, 4) is 17.6 Å². The summed E-state index contributed by atoms with van der Waals surface area (Å²) in [5.74, 6) is 1.27. The van der Waals surface area contributed by atoms with Gasteiger partial charge in [-0.1, -0.05) is 11.6 Å². The highest BCUT2D eigenvalue weighted by Gasteiger charge is 2.12. The topological polar surface area (TPSA) is 63.5 Å². The van der Waals surface area contributed by atoms with Crippen molar-refractivity contribution in [2.45, 2.75) is 19.4 Å². The molecule has 6 heteroatoms. The summed E-state index contributed by atoms with van der Waals surface area (Å²) in [5, 5.41) is 12.4. The van der Waals surface area contributed by atoms with Crippen LogP contribution in [0.2, 0.25) is 5.02 Å². The van der Waals surface area contributed by atoms with Crippen LogP contribution in [0.5, 0.6) is 11.5 Å². The van der Waals surface area contributed by atoms with E-state index in [0.717, 1.165) is 12.1 Å². The summed E-state index contributed by atoms with van der Waals surface area (Å²) in [4.78, 5) is 0. The maximum Gasteiger partial charge on any atom is 0.165 e. The first-order chi connectivity index (χ1) is 10.2. The van der Waals surface area contributed by atoms with Crippen molar-refractivity contribution >= 4 is 11.6 Å². The predicted molar refractivity (Wildman–Crippen MR) is 81.9 cm³/mol. The number of benzene rings is 1. The van der Waals surface area contributed by atoms with Crippen LogP contribution in [-0.4, -0.2) is 34.0 Å². The minimum atomic E-state index is 0.469. The first-order valence-corrected chi connectivity index (χ1v) is 7.16. The molecule has 0 radical (unpaired) electrons. The van der Waals surface area contributed by atoms with E-state index in [1.165, 1.54) is 0 Å². The molecule has 0 aromatic heterocycles. The number of nitriles is 1. The fourth-order valence-electron chi connectivity index (χ4n) is 1.79. The highest BCUT2D eigenvalue weighted by Crippen LogP contribution is 2.34. The summed E-state index contributed by atoms with van der Waals surface area (Å²) in [6.45, 7) is 2.44. The minimum absolute atomic E-state index is 0.469. The number of nitrogens with one attached hydrogen (secondary N) is 1. The lowest BCUT2D eigenvalue weighted by atomic mass is 10.1. The summed E-state index contributed by atoms with van der Waals surface area (Å²) in [6.07, 6.45) is 1.15. The molecular weight excluding hydrogens is 292 g/mol. The lowest BCUT2D eigenvalue weighted by Crippen LogP contribution is -2.19. The van der Waals surface area contributed by atoms with Gasteiger partial charge in [0.05, 0.1) is 26.4 Å². The van der Waals surface area contributed by atoms with Crippen LogP contribution in [0.4, 0.5) is 0 Å². The first-order valence-electron chi connectivity index (χ1n) is 6.78. The molecule has 0 aliphatic heterocycles. The maximum atomic E-state index is 8.55. The van der Waals surface area contributed by atoms with Gasteiger partial charge in [0, 0.05) is 43.3 Å². The van der Waals surface area contributed by atoms with Crippen molar-refractivity contribution in [1.82, 2.24) is 5.32 Å². The smallest absolute Gasteiger partial charge is 0.165 e. The molecule has 0 bridgehead atoms. The van der Waals surface area contributed by atoms with Crippen molar-refractivity contribution in [2.24, 2.45) is 0 Å². The van der Waals surface area contributed by atoms with E-state index in [9.17, 15) is 0 Å². The molecule has 5 nitrogen and oxygen atoms in total. The van der Waals surface area contributed by atoms with Crippen molar-refractivity contribution < 1.29 is 14.2 Å². The second kappa shape index (κ2) is 10.3. The molecule has 1 aromatic rings. The van der Waals surface area contributed by atoms with E-state index in [-0.39, 0.29) is 0 Å². The fourth-order valence-corrected chi connectivity index (χ4v) is 2.02. The van der Waals surface area contributed by atoms with Crippen LogP contribution in [0.15, 0.2) is 12.1 Å². The summed E-state index contributed by atoms with van der Waals surface area (Å²) in [5.41, 5.74) is 0.924. The molecule has 0 saturated carbocycles. The van der Waals surface area contributed by atoms with Gasteiger partial charge in [-0.2, -0.15) is 5.26 Å². The van der Waals surface area contributed by atoms with Gasteiger partial charge in [-0.15, -0.1) is 0 Å². The highest BCUT2D eigenvalue weighted by atomic mass is 35.5. The van der Waals surface area contributed by atoms with Crippen LogP contribution in [0.25, 0.3) is 0 Å². The molecule has 116 valence electrons. The van der Waals surface area contributed by atoms with Gasteiger partial charge in [0.15, 0.2) is 11.5 Å². The Morgan fingerprint density at radius 2 is 2.10 bits per heavy atom. The Morgan fingerprint density at radius 1 is 1.29 bits per heavy atom. The van der Waals surface area contributed by atoms with Crippen LogP contribution in [0.3, 0.4) is 0 Å². The van der Waals surface area contributed by atoms with Gasteiger partial charge in [-0.25, -0.2) is 0 Å². The summed E-state index contributed by atoms with van der Waals surface area (Å²) in [6, 6.07) is 5.67. The monoisotopic (exact) mass is 312 g/mol. The lowest BCUT2D eigenvalue weighted by molar-refractivity contribution is 0.199. The molecule has 0 aliphatic carbocycles. The summed E-state index contributed by atoms with van der Waals surface area (Å²) < 4.78 is 16.1. The number of unbranched alkanes of at least 4 members (excludes halogenated alkanes) is 1. The number of nitrogens with zero attached hydrogens (tertiary/aromatic N) is 1. The number of rotatable bonds is 10. The van der Waals surface area contributed by atoms with Gasteiger partial charge in [-0.05, 0) is 12.5 Å². The van der Waals surface area contributed by atoms with Crippen LogP contribution < -0.4 is 14.8 Å². The SMILES string of the molecule is COCCNCc1cc(Cl)cc(OC)c1OCCCC#N. The van der Waals surface area contributed by atoms with Gasteiger partial charge in [-0.3, -0.25) is 0 Å². The molecule has 0 aliphatic rings. The number of halogens is 1. The molecule has 21 heavy (non-hydrogen) atoms. The van der Waals surface area contributed by atoms with Crippen molar-refractivity contribution in [3.63, 3.8) is 0 Å². The van der Waals surface area contributed by atoms with E-state index in [4.69, 9.17) is 31.1 Å². The van der Waals surface area contributed by atoms with E-state index >= 15 is 0 Å². The number of hydrogen-bond acceptors (Lipinski definition) is 5. The second-order valence-electron chi connectivity index (χ2n) is 4.38. The van der Waals surface area contributed by atoms with Gasteiger partial charge in [0.1, 0.15) is 0 Å². The van der Waals surface area contributed by atoms with Crippen molar-refractivity contribution in [1.29, 1.82) is 5.26 Å². The molecule has 1 rings (SSSR count). The third-order valence-corrected chi connectivity index (χ3v) is 3.01. The van der Waals surface area contributed by atoms with Crippen molar-refractivity contribution in [3.05, 3.63) is 22.7 Å². The largest absolute Gasteiger partial charge is 0.493 e. The van der Waals surface area contributed by atoms with E-state index in [1.807, 2.05) is 6.07 Å². The van der Waals surface area contributed by atoms with Gasteiger partial charge >= 0.3 is 0 Å². The van der Waals surface area contributed by atoms with E-state index in [1.54, 1.807) is 20.3 Å². The molecule has 0 unspecified atom stereocenters. The zero-order valence-corrected chi connectivity index (χ0v) is 13.2. The number of methoxy groups -OCH3 is 2. The van der Waals surface area contributed by atoms with E-state index in [0.29, 0.717) is 49.1 Å². The molecule has 0 spiro atoms. The van der Waals surface area contributed by atoms with Gasteiger partial charge in [0.2, 0.25) is 0 Å². The van der Waals surface area contributed by atoms with Crippen LogP contribution in [0.1, 0.15) is 18.4 Å². The quantitative estimate of drug-likeness (QED) is 0.673. The normalized spacial score (nSPS) is 10.2. The van der Waals surface area contributed by atoms with E-state index in [2.05, 4.69) is 11.4 Å². The zero-order chi connectivity index (χ0) is 15.5. The Kier molecular flexibility index (Phi) is 8.60. The van der Waals surface area contributed by atoms with Crippen LogP contribution in [-0.2, 0) is 11.3 Å². The fraction of sp³-hybridized carbons (Fsp3) is 0.533. The molecule has 0 fully saturated rings. The summed E-state index contributed by atoms with van der Waals surface area (Å²) >= 11 is 6.09. The van der Waals surface area contributed by atoms with Gasteiger partial charge in [0.25, 0.3) is 0 Å². The van der Waals surface area contributed by atoms with Crippen molar-refractivity contribution in [2.75, 3.05) is 34.0 Å². The number of hydrogen-bond donors (Lipinski definition) is 1. The Labute approximate surface area is 130 Å². The molecular formula is C15H21ClN2O3. The zero-order valence-electron chi connectivity index (χ0n) is 12.4. The molecule has 0 heterocycles. The third-order valence-electron chi connectivity index (χ3n) is 2.79. The Morgan fingerprint density at radius 3 is 2.76 bits per heavy atom. The van der Waals surface area contributed by atoms with E-state index < -0.39 is 0 Å². The Hall–Kier alpha value is -1.48. The molecule has 0 saturated heterocycles. The second-order valence-corrected chi connectivity index (χ2v) is 4.81. The Bertz CT molecular complexity index is 475. The molecule has 1 aromatic carbocycles. The first kappa shape index (κ1) is 17.6. The molecule has 0 amide bonds. The molecule has 0 atom stereocenters. The van der Waals surface area contributed by atoms with Crippen LogP contribution in [0, 0.1) is 11.3 Å². The van der Waals surface area contributed by atoms with Gasteiger partial charge < -0.3 is 19.5 Å². The average molecular weight is 313 g/mol. The lowest BCUT2D eigenvalue weighted by Gasteiger charge is -2.16. The molecule has 1 N–H and O–H groups in total. The third kappa shape index (κ3) is 6.21. The summed E-state index contributed by atoms with van der Waals surface area (Å²) in [7, 11) is 3.24. The minimum Gasteiger partial charge on any atom is -0.493 e. The predicted octanol–water partition coefficient (Wildman–Crippen LogP) is 2.77.